The van der Waals surface area contributed by atoms with Gasteiger partial charge in [0.2, 0.25) is 5.91 Å². The molecule has 0 unspecified atom stereocenters. The lowest BCUT2D eigenvalue weighted by molar-refractivity contribution is -0.135. The number of carbonyl (C=O) groups is 3. The molecular weight excluding hydrogens is 270 g/mol. The van der Waals surface area contributed by atoms with Gasteiger partial charge in [0.05, 0.1) is 7.11 Å². The van der Waals surface area contributed by atoms with Crippen LogP contribution in [0.3, 0.4) is 0 Å². The first-order valence-electron chi connectivity index (χ1n) is 6.45. The van der Waals surface area contributed by atoms with Gasteiger partial charge in [0.1, 0.15) is 0 Å². The Morgan fingerprint density at radius 3 is 2.29 bits per heavy atom. The van der Waals surface area contributed by atoms with Crippen molar-refractivity contribution < 1.29 is 19.1 Å². The number of methoxy groups -OCH3 is 1. The fourth-order valence-corrected chi connectivity index (χ4v) is 1.92. The minimum absolute atomic E-state index is 0.238. The molecule has 112 valence electrons. The van der Waals surface area contributed by atoms with Crippen LogP contribution in [0.4, 0.5) is 0 Å². The smallest absolute Gasteiger partial charge is 0.379 e. The summed E-state index contributed by atoms with van der Waals surface area (Å²) < 4.78 is 4.39. The van der Waals surface area contributed by atoms with Crippen LogP contribution in [0.5, 0.6) is 0 Å². The van der Waals surface area contributed by atoms with Gasteiger partial charge in [-0.15, -0.1) is 0 Å². The fourth-order valence-electron chi connectivity index (χ4n) is 1.92. The van der Waals surface area contributed by atoms with Crippen molar-refractivity contribution in [3.05, 3.63) is 48.0 Å². The van der Waals surface area contributed by atoms with Gasteiger partial charge in [0, 0.05) is 11.1 Å². The van der Waals surface area contributed by atoms with Crippen molar-refractivity contribution in [3.8, 4) is 0 Å². The van der Waals surface area contributed by atoms with E-state index in [0.717, 1.165) is 5.56 Å². The van der Waals surface area contributed by atoms with E-state index >= 15 is 0 Å². The molecule has 1 aromatic carbocycles. The zero-order chi connectivity index (χ0) is 16.0. The first kappa shape index (κ1) is 16.6. The highest BCUT2D eigenvalue weighted by Gasteiger charge is 2.21. The number of esters is 1. The molecule has 0 aromatic heterocycles. The summed E-state index contributed by atoms with van der Waals surface area (Å²) in [7, 11) is 1.17. The first-order chi connectivity index (χ1) is 9.79. The molecule has 0 aliphatic rings. The second-order valence-electron chi connectivity index (χ2n) is 5.27. The summed E-state index contributed by atoms with van der Waals surface area (Å²) in [6.45, 7) is 7.20. The second kappa shape index (κ2) is 6.83. The number of rotatable bonds is 6. The third-order valence-electron chi connectivity index (χ3n) is 2.88. The molecule has 1 N–H and O–H groups in total. The van der Waals surface area contributed by atoms with Crippen molar-refractivity contribution in [2.45, 2.75) is 25.8 Å². The van der Waals surface area contributed by atoms with Crippen LogP contribution >= 0.6 is 0 Å². The normalized spacial score (nSPS) is 10.6. The van der Waals surface area contributed by atoms with Crippen molar-refractivity contribution in [3.63, 3.8) is 0 Å². The fraction of sp³-hybridized carbons (Fsp3) is 0.312. The van der Waals surface area contributed by atoms with Gasteiger partial charge < -0.3 is 10.1 Å². The lowest BCUT2D eigenvalue weighted by atomic mass is 9.94. The van der Waals surface area contributed by atoms with Gasteiger partial charge in [-0.1, -0.05) is 30.8 Å². The summed E-state index contributed by atoms with van der Waals surface area (Å²) >= 11 is 0. The average molecular weight is 289 g/mol. The van der Waals surface area contributed by atoms with Crippen LogP contribution in [-0.4, -0.2) is 30.3 Å². The third kappa shape index (κ3) is 4.87. The Balaban J connectivity index is 2.79. The largest absolute Gasteiger partial charge is 0.463 e. The first-order valence-corrected chi connectivity index (χ1v) is 6.45. The van der Waals surface area contributed by atoms with E-state index in [1.54, 1.807) is 24.3 Å². The van der Waals surface area contributed by atoms with Crippen LogP contribution in [0.1, 0.15) is 29.8 Å². The van der Waals surface area contributed by atoms with E-state index in [4.69, 9.17) is 0 Å². The summed E-state index contributed by atoms with van der Waals surface area (Å²) in [5, 5.41) is 2.82. The molecule has 0 aliphatic carbocycles. The van der Waals surface area contributed by atoms with Crippen LogP contribution in [0.25, 0.3) is 0 Å². The summed E-state index contributed by atoms with van der Waals surface area (Å²) in [5.74, 6) is -1.80. The quantitative estimate of drug-likeness (QED) is 0.374. The molecule has 0 spiro atoms. The number of hydrogen-bond donors (Lipinski definition) is 1. The zero-order valence-electron chi connectivity index (χ0n) is 12.4. The summed E-state index contributed by atoms with van der Waals surface area (Å²) in [5.41, 5.74) is 0.767. The number of amides is 1. The van der Waals surface area contributed by atoms with E-state index in [1.165, 1.54) is 13.2 Å². The number of benzene rings is 1. The highest BCUT2D eigenvalue weighted by Crippen LogP contribution is 2.14. The monoisotopic (exact) mass is 289 g/mol. The van der Waals surface area contributed by atoms with Gasteiger partial charge in [-0.05, 0) is 31.9 Å². The number of Topliss-reactive ketones (excluding diaryl/α,β-unsaturated/α-hetero) is 1. The van der Waals surface area contributed by atoms with Gasteiger partial charge in [-0.3, -0.25) is 9.59 Å². The lowest BCUT2D eigenvalue weighted by Gasteiger charge is -2.25. The van der Waals surface area contributed by atoms with E-state index < -0.39 is 17.3 Å². The molecule has 0 saturated heterocycles. The predicted octanol–water partition coefficient (Wildman–Crippen LogP) is 1.67. The molecule has 0 fully saturated rings. The van der Waals surface area contributed by atoms with Crippen LogP contribution in [0, 0.1) is 0 Å². The SMILES string of the molecule is C=CC(=O)NC(C)(C)Cc1ccc(C(=O)C(=O)OC)cc1. The maximum atomic E-state index is 11.6. The minimum atomic E-state index is -0.888. The lowest BCUT2D eigenvalue weighted by Crippen LogP contribution is -2.44. The van der Waals surface area contributed by atoms with Crippen LogP contribution < -0.4 is 5.32 Å². The molecular formula is C16H19NO4. The van der Waals surface area contributed by atoms with E-state index in [-0.39, 0.29) is 11.5 Å². The van der Waals surface area contributed by atoms with Gasteiger partial charge in [-0.25, -0.2) is 4.79 Å². The van der Waals surface area contributed by atoms with E-state index in [0.29, 0.717) is 6.42 Å². The number of ketones is 1. The maximum absolute atomic E-state index is 11.6. The molecule has 5 heteroatoms. The van der Waals surface area contributed by atoms with Crippen molar-refractivity contribution in [2.75, 3.05) is 7.11 Å². The topological polar surface area (TPSA) is 72.5 Å². The van der Waals surface area contributed by atoms with Crippen LogP contribution in [0.15, 0.2) is 36.9 Å². The highest BCUT2D eigenvalue weighted by atomic mass is 16.5. The van der Waals surface area contributed by atoms with Crippen LogP contribution in [0.2, 0.25) is 0 Å². The molecule has 0 bridgehead atoms. The van der Waals surface area contributed by atoms with Gasteiger partial charge in [0.15, 0.2) is 0 Å². The number of ether oxygens (including phenoxy) is 1. The van der Waals surface area contributed by atoms with Crippen molar-refractivity contribution in [1.29, 1.82) is 0 Å². The van der Waals surface area contributed by atoms with Gasteiger partial charge in [0.25, 0.3) is 5.78 Å². The zero-order valence-corrected chi connectivity index (χ0v) is 12.4. The number of hydrogen-bond acceptors (Lipinski definition) is 4. The Kier molecular flexibility index (Phi) is 5.41. The Morgan fingerprint density at radius 1 is 1.24 bits per heavy atom. The summed E-state index contributed by atoms with van der Waals surface area (Å²) in [4.78, 5) is 34.1. The Morgan fingerprint density at radius 2 is 1.81 bits per heavy atom. The molecule has 0 atom stereocenters. The van der Waals surface area contributed by atoms with Crippen molar-refractivity contribution in [1.82, 2.24) is 5.32 Å². The predicted molar refractivity (Wildman–Crippen MR) is 78.9 cm³/mol. The minimum Gasteiger partial charge on any atom is -0.463 e. The molecule has 21 heavy (non-hydrogen) atoms. The number of carbonyl (C=O) groups excluding carboxylic acids is 3. The molecule has 1 amide bonds. The van der Waals surface area contributed by atoms with Gasteiger partial charge in [-0.2, -0.15) is 0 Å². The van der Waals surface area contributed by atoms with Crippen molar-refractivity contribution >= 4 is 17.7 Å². The summed E-state index contributed by atoms with van der Waals surface area (Å²) in [6, 6.07) is 6.63. The van der Waals surface area contributed by atoms with Gasteiger partial charge >= 0.3 is 5.97 Å². The molecule has 5 nitrogen and oxygen atoms in total. The standard InChI is InChI=1S/C16H19NO4/c1-5-13(18)17-16(2,3)10-11-6-8-12(9-7-11)14(19)15(20)21-4/h5-9H,1,10H2,2-4H3,(H,17,18). The highest BCUT2D eigenvalue weighted by molar-refractivity contribution is 6.40. The summed E-state index contributed by atoms with van der Waals surface area (Å²) in [6.07, 6.45) is 1.80. The third-order valence-corrected chi connectivity index (χ3v) is 2.88. The molecule has 0 aliphatic heterocycles. The molecule has 0 radical (unpaired) electrons. The molecule has 1 rings (SSSR count). The van der Waals surface area contributed by atoms with E-state index in [1.807, 2.05) is 13.8 Å². The van der Waals surface area contributed by atoms with Crippen LogP contribution in [-0.2, 0) is 20.7 Å². The Labute approximate surface area is 124 Å². The molecule has 0 heterocycles. The molecule has 1 aromatic rings. The Bertz CT molecular complexity index is 558. The Hall–Kier alpha value is -2.43. The van der Waals surface area contributed by atoms with E-state index in [2.05, 4.69) is 16.6 Å². The van der Waals surface area contributed by atoms with E-state index in [9.17, 15) is 14.4 Å². The van der Waals surface area contributed by atoms with Crippen molar-refractivity contribution in [2.24, 2.45) is 0 Å². The molecule has 0 saturated carbocycles. The number of nitrogens with one attached hydrogen (secondary N) is 1. The average Bonchev–Trinajstić information content (AvgIpc) is 2.45. The maximum Gasteiger partial charge on any atom is 0.379 e. The second-order valence-corrected chi connectivity index (χ2v) is 5.27.